The summed E-state index contributed by atoms with van der Waals surface area (Å²) < 4.78 is 15.9. The maximum Gasteiger partial charge on any atom is 0.312 e. The van der Waals surface area contributed by atoms with Crippen molar-refractivity contribution < 1.29 is 28.6 Å². The van der Waals surface area contributed by atoms with Gasteiger partial charge in [-0.2, -0.15) is 0 Å². The molecule has 1 amide bonds. The highest BCUT2D eigenvalue weighted by atomic mass is 16.5. The first-order valence-electron chi connectivity index (χ1n) is 9.85. The topological polar surface area (TPSA) is 82.1 Å². The normalized spacial score (nSPS) is 16.8. The second-order valence-corrected chi connectivity index (χ2v) is 7.00. The van der Waals surface area contributed by atoms with E-state index in [9.17, 15) is 14.4 Å². The second kappa shape index (κ2) is 9.43. The van der Waals surface area contributed by atoms with Crippen LogP contribution in [0.15, 0.2) is 48.5 Å². The zero-order chi connectivity index (χ0) is 21.7. The number of methoxy groups -OCH3 is 1. The van der Waals surface area contributed by atoms with E-state index in [1.807, 2.05) is 6.92 Å². The highest BCUT2D eigenvalue weighted by Crippen LogP contribution is 2.28. The lowest BCUT2D eigenvalue weighted by Crippen LogP contribution is -2.30. The third-order valence-electron chi connectivity index (χ3n) is 4.95. The van der Waals surface area contributed by atoms with Gasteiger partial charge < -0.3 is 19.1 Å². The minimum Gasteiger partial charge on any atom is -0.497 e. The first kappa shape index (κ1) is 21.4. The number of Topliss-reactive ketones (excluding diaryl/α,β-unsaturated/α-hetero) is 1. The van der Waals surface area contributed by atoms with Gasteiger partial charge in [0.2, 0.25) is 11.7 Å². The summed E-state index contributed by atoms with van der Waals surface area (Å²) in [5.41, 5.74) is 1.12. The summed E-state index contributed by atoms with van der Waals surface area (Å²) in [6, 6.07) is 13.7. The number of ketones is 1. The van der Waals surface area contributed by atoms with E-state index in [0.717, 1.165) is 5.75 Å². The van der Waals surface area contributed by atoms with Gasteiger partial charge in [-0.15, -0.1) is 0 Å². The summed E-state index contributed by atoms with van der Waals surface area (Å²) in [4.78, 5) is 39.0. The first-order chi connectivity index (χ1) is 14.4. The fraction of sp³-hybridized carbons (Fsp3) is 0.348. The Labute approximate surface area is 175 Å². The molecule has 1 saturated heterocycles. The summed E-state index contributed by atoms with van der Waals surface area (Å²) in [6.07, 6.45) is -0.893. The summed E-state index contributed by atoms with van der Waals surface area (Å²) in [7, 11) is 1.54. The van der Waals surface area contributed by atoms with Crippen LogP contribution in [0.5, 0.6) is 11.5 Å². The van der Waals surface area contributed by atoms with Gasteiger partial charge in [0.05, 0.1) is 19.6 Å². The van der Waals surface area contributed by atoms with Gasteiger partial charge in [0.25, 0.3) is 0 Å². The lowest BCUT2D eigenvalue weighted by Gasteiger charge is -2.18. The molecule has 1 fully saturated rings. The van der Waals surface area contributed by atoms with E-state index in [0.29, 0.717) is 23.6 Å². The SMILES string of the molecule is CCOc1ccc(N2C[C@@H](C(=O)O[C@H](C)C(=O)c3ccc(OC)cc3)CC2=O)cc1. The van der Waals surface area contributed by atoms with Gasteiger partial charge in [-0.1, -0.05) is 0 Å². The summed E-state index contributed by atoms with van der Waals surface area (Å²) in [6.45, 7) is 4.21. The van der Waals surface area contributed by atoms with Crippen molar-refractivity contribution >= 4 is 23.3 Å². The number of hydrogen-bond donors (Lipinski definition) is 0. The number of hydrogen-bond acceptors (Lipinski definition) is 6. The standard InChI is InChI=1S/C23H25NO6/c1-4-29-20-11-7-18(8-12-20)24-14-17(13-21(24)25)23(27)30-15(2)22(26)16-5-9-19(28-3)10-6-16/h5-12,15,17H,4,13-14H2,1-3H3/t15-,17+/m1/s1. The second-order valence-electron chi connectivity index (χ2n) is 7.00. The molecule has 3 rings (SSSR count). The summed E-state index contributed by atoms with van der Waals surface area (Å²) in [5, 5.41) is 0. The van der Waals surface area contributed by atoms with Crippen molar-refractivity contribution in [3.05, 3.63) is 54.1 Å². The van der Waals surface area contributed by atoms with E-state index >= 15 is 0 Å². The highest BCUT2D eigenvalue weighted by molar-refractivity contribution is 6.02. The zero-order valence-electron chi connectivity index (χ0n) is 17.3. The Bertz CT molecular complexity index is 906. The van der Waals surface area contributed by atoms with Gasteiger partial charge in [-0.25, -0.2) is 0 Å². The van der Waals surface area contributed by atoms with Crippen LogP contribution in [-0.2, 0) is 14.3 Å². The Hall–Kier alpha value is -3.35. The van der Waals surface area contributed by atoms with Gasteiger partial charge >= 0.3 is 5.97 Å². The van der Waals surface area contributed by atoms with Crippen LogP contribution in [0.1, 0.15) is 30.6 Å². The largest absolute Gasteiger partial charge is 0.497 e. The average Bonchev–Trinajstić information content (AvgIpc) is 3.16. The van der Waals surface area contributed by atoms with Crippen LogP contribution >= 0.6 is 0 Å². The van der Waals surface area contributed by atoms with Crippen LogP contribution in [0, 0.1) is 5.92 Å². The minimum atomic E-state index is -0.944. The predicted molar refractivity (Wildman–Crippen MR) is 111 cm³/mol. The summed E-state index contributed by atoms with van der Waals surface area (Å²) in [5.74, 6) is -0.278. The molecule has 2 aromatic carbocycles. The van der Waals surface area contributed by atoms with E-state index in [2.05, 4.69) is 0 Å². The van der Waals surface area contributed by atoms with Crippen molar-refractivity contribution in [2.75, 3.05) is 25.2 Å². The molecule has 7 heteroatoms. The van der Waals surface area contributed by atoms with E-state index < -0.39 is 18.0 Å². The monoisotopic (exact) mass is 411 g/mol. The van der Waals surface area contributed by atoms with E-state index in [-0.39, 0.29) is 24.7 Å². The van der Waals surface area contributed by atoms with Gasteiger partial charge in [0.15, 0.2) is 6.10 Å². The van der Waals surface area contributed by atoms with Crippen LogP contribution in [0.3, 0.4) is 0 Å². The smallest absolute Gasteiger partial charge is 0.312 e. The summed E-state index contributed by atoms with van der Waals surface area (Å²) >= 11 is 0. The fourth-order valence-electron chi connectivity index (χ4n) is 3.32. The number of nitrogens with zero attached hydrogens (tertiary/aromatic N) is 1. The maximum absolute atomic E-state index is 12.6. The quantitative estimate of drug-likeness (QED) is 0.490. The molecule has 7 nitrogen and oxygen atoms in total. The fourth-order valence-corrected chi connectivity index (χ4v) is 3.32. The molecule has 0 spiro atoms. The van der Waals surface area contributed by atoms with Crippen molar-refractivity contribution in [2.45, 2.75) is 26.4 Å². The van der Waals surface area contributed by atoms with Crippen molar-refractivity contribution in [1.82, 2.24) is 0 Å². The number of amides is 1. The molecule has 0 bridgehead atoms. The predicted octanol–water partition coefficient (Wildman–Crippen LogP) is 3.26. The molecule has 0 aliphatic carbocycles. The molecular weight excluding hydrogens is 386 g/mol. The Morgan fingerprint density at radius 1 is 1.07 bits per heavy atom. The molecule has 1 aliphatic rings. The Balaban J connectivity index is 1.60. The van der Waals surface area contributed by atoms with Gasteiger partial charge in [-0.05, 0) is 62.4 Å². The van der Waals surface area contributed by atoms with Gasteiger partial charge in [-0.3, -0.25) is 14.4 Å². The molecule has 0 unspecified atom stereocenters. The van der Waals surface area contributed by atoms with E-state index in [4.69, 9.17) is 14.2 Å². The number of ether oxygens (including phenoxy) is 3. The number of carbonyl (C=O) groups is 3. The molecule has 1 heterocycles. The van der Waals surface area contributed by atoms with Crippen molar-refractivity contribution in [3.8, 4) is 11.5 Å². The van der Waals surface area contributed by atoms with Crippen LogP contribution in [0.4, 0.5) is 5.69 Å². The Morgan fingerprint density at radius 3 is 2.30 bits per heavy atom. The number of rotatable bonds is 8. The molecule has 30 heavy (non-hydrogen) atoms. The van der Waals surface area contributed by atoms with Crippen molar-refractivity contribution in [3.63, 3.8) is 0 Å². The molecule has 2 aromatic rings. The maximum atomic E-state index is 12.6. The Morgan fingerprint density at radius 2 is 1.70 bits per heavy atom. The number of anilines is 1. The van der Waals surface area contributed by atoms with E-state index in [1.54, 1.807) is 60.5 Å². The van der Waals surface area contributed by atoms with Crippen molar-refractivity contribution in [1.29, 1.82) is 0 Å². The van der Waals surface area contributed by atoms with E-state index in [1.165, 1.54) is 6.92 Å². The molecule has 0 radical (unpaired) electrons. The molecular formula is C23H25NO6. The van der Waals surface area contributed by atoms with Crippen LogP contribution in [0.25, 0.3) is 0 Å². The lowest BCUT2D eigenvalue weighted by molar-refractivity contribution is -0.151. The number of benzene rings is 2. The highest BCUT2D eigenvalue weighted by Gasteiger charge is 2.37. The number of esters is 1. The third-order valence-corrected chi connectivity index (χ3v) is 4.95. The van der Waals surface area contributed by atoms with Gasteiger partial charge in [0.1, 0.15) is 11.5 Å². The first-order valence-corrected chi connectivity index (χ1v) is 9.85. The molecule has 2 atom stereocenters. The third kappa shape index (κ3) is 4.79. The molecule has 0 N–H and O–H groups in total. The van der Waals surface area contributed by atoms with Crippen LogP contribution in [0.2, 0.25) is 0 Å². The average molecular weight is 411 g/mol. The minimum absolute atomic E-state index is 0.0511. The molecule has 158 valence electrons. The number of carbonyl (C=O) groups excluding carboxylic acids is 3. The molecule has 0 saturated carbocycles. The molecule has 0 aromatic heterocycles. The van der Waals surface area contributed by atoms with Gasteiger partial charge in [0, 0.05) is 24.2 Å². The zero-order valence-corrected chi connectivity index (χ0v) is 17.3. The lowest BCUT2D eigenvalue weighted by atomic mass is 10.1. The van der Waals surface area contributed by atoms with Crippen molar-refractivity contribution in [2.24, 2.45) is 5.92 Å². The van der Waals surface area contributed by atoms with Crippen LogP contribution in [-0.4, -0.2) is 44.0 Å². The Kier molecular flexibility index (Phi) is 6.72. The molecule has 1 aliphatic heterocycles. The van der Waals surface area contributed by atoms with Crippen LogP contribution < -0.4 is 14.4 Å².